The van der Waals surface area contributed by atoms with E-state index in [0.29, 0.717) is 24.3 Å². The molecule has 0 radical (unpaired) electrons. The Labute approximate surface area is 101 Å². The molecular weight excluding hydrogens is 309 g/mol. The molecule has 80 valence electrons. The summed E-state index contributed by atoms with van der Waals surface area (Å²) in [5, 5.41) is 2.53. The maximum Gasteiger partial charge on any atom is 0.338 e. The van der Waals surface area contributed by atoms with Crippen molar-refractivity contribution in [3.63, 3.8) is 0 Å². The zero-order valence-electron chi connectivity index (χ0n) is 8.12. The Hall–Kier alpha value is -1.11. The lowest BCUT2D eigenvalue weighted by Gasteiger charge is -2.05. The Morgan fingerprint density at radius 2 is 2.33 bits per heavy atom. The minimum absolute atomic E-state index is 0.351. The molecule has 0 saturated carbocycles. The predicted octanol–water partition coefficient (Wildman–Crippen LogP) is 2.04. The molecule has 0 aromatic heterocycles. The van der Waals surface area contributed by atoms with Crippen molar-refractivity contribution in [2.75, 3.05) is 11.9 Å². The molecule has 1 N–H and O–H groups in total. The van der Waals surface area contributed by atoms with E-state index in [9.17, 15) is 9.59 Å². The molecule has 15 heavy (non-hydrogen) atoms. The SMILES string of the molecule is CCOC(=O)c1ccc(NC=O)c(I)c1. The van der Waals surface area contributed by atoms with E-state index in [1.807, 2.05) is 22.6 Å². The molecule has 0 heterocycles. The van der Waals surface area contributed by atoms with Gasteiger partial charge in [0, 0.05) is 3.57 Å². The van der Waals surface area contributed by atoms with Crippen LogP contribution in [0.5, 0.6) is 0 Å². The lowest BCUT2D eigenvalue weighted by molar-refractivity contribution is -0.105. The Morgan fingerprint density at radius 1 is 1.60 bits per heavy atom. The number of amides is 1. The highest BCUT2D eigenvalue weighted by molar-refractivity contribution is 14.1. The summed E-state index contributed by atoms with van der Waals surface area (Å²) in [5.74, 6) is -0.354. The first-order valence-corrected chi connectivity index (χ1v) is 5.43. The first-order chi connectivity index (χ1) is 7.19. The van der Waals surface area contributed by atoms with Gasteiger partial charge >= 0.3 is 5.97 Å². The van der Waals surface area contributed by atoms with Crippen molar-refractivity contribution >= 4 is 40.7 Å². The van der Waals surface area contributed by atoms with Crippen molar-refractivity contribution in [1.29, 1.82) is 0 Å². The van der Waals surface area contributed by atoms with E-state index in [0.717, 1.165) is 3.57 Å². The molecule has 0 aliphatic carbocycles. The molecule has 0 atom stereocenters. The van der Waals surface area contributed by atoms with Gasteiger partial charge in [0.1, 0.15) is 0 Å². The Balaban J connectivity index is 2.90. The van der Waals surface area contributed by atoms with Gasteiger partial charge in [-0.3, -0.25) is 4.79 Å². The van der Waals surface area contributed by atoms with Crippen LogP contribution in [0.4, 0.5) is 5.69 Å². The summed E-state index contributed by atoms with van der Waals surface area (Å²) >= 11 is 2.04. The topological polar surface area (TPSA) is 55.4 Å². The van der Waals surface area contributed by atoms with Crippen molar-refractivity contribution in [2.45, 2.75) is 6.92 Å². The highest BCUT2D eigenvalue weighted by Gasteiger charge is 2.08. The van der Waals surface area contributed by atoms with Crippen molar-refractivity contribution in [2.24, 2.45) is 0 Å². The lowest BCUT2D eigenvalue weighted by Crippen LogP contribution is -2.05. The molecule has 5 heteroatoms. The molecule has 1 rings (SSSR count). The summed E-state index contributed by atoms with van der Waals surface area (Å²) in [7, 11) is 0. The van der Waals surface area contributed by atoms with Crippen LogP contribution < -0.4 is 5.32 Å². The van der Waals surface area contributed by atoms with Crippen LogP contribution in [-0.2, 0) is 9.53 Å². The summed E-state index contributed by atoms with van der Waals surface area (Å²) in [5.41, 5.74) is 1.16. The van der Waals surface area contributed by atoms with Crippen LogP contribution in [-0.4, -0.2) is 19.0 Å². The monoisotopic (exact) mass is 319 g/mol. The van der Waals surface area contributed by atoms with Gasteiger partial charge in [0.25, 0.3) is 0 Å². The number of nitrogens with one attached hydrogen (secondary N) is 1. The van der Waals surface area contributed by atoms with Crippen LogP contribution >= 0.6 is 22.6 Å². The number of benzene rings is 1. The van der Waals surface area contributed by atoms with Crippen LogP contribution in [0.1, 0.15) is 17.3 Å². The van der Waals surface area contributed by atoms with Gasteiger partial charge in [-0.05, 0) is 47.7 Å². The number of ether oxygens (including phenoxy) is 1. The average Bonchev–Trinajstić information content (AvgIpc) is 2.21. The Bertz CT molecular complexity index is 379. The van der Waals surface area contributed by atoms with Crippen molar-refractivity contribution in [1.82, 2.24) is 0 Å². The molecule has 0 aliphatic heterocycles. The Kier molecular flexibility index (Phi) is 4.54. The van der Waals surface area contributed by atoms with Gasteiger partial charge < -0.3 is 10.1 Å². The van der Waals surface area contributed by atoms with E-state index < -0.39 is 0 Å². The maximum absolute atomic E-state index is 11.4. The van der Waals surface area contributed by atoms with E-state index in [2.05, 4.69) is 5.32 Å². The van der Waals surface area contributed by atoms with E-state index >= 15 is 0 Å². The van der Waals surface area contributed by atoms with Crippen molar-refractivity contribution in [3.05, 3.63) is 27.3 Å². The molecule has 1 aromatic rings. The van der Waals surface area contributed by atoms with Gasteiger partial charge in [-0.2, -0.15) is 0 Å². The average molecular weight is 319 g/mol. The van der Waals surface area contributed by atoms with Crippen molar-refractivity contribution in [3.8, 4) is 0 Å². The first kappa shape index (κ1) is 12.0. The number of hydrogen-bond donors (Lipinski definition) is 1. The van der Waals surface area contributed by atoms with Crippen LogP contribution in [0.15, 0.2) is 18.2 Å². The number of hydrogen-bond acceptors (Lipinski definition) is 3. The minimum Gasteiger partial charge on any atom is -0.462 e. The van der Waals surface area contributed by atoms with Gasteiger partial charge in [0.15, 0.2) is 0 Å². The highest BCUT2D eigenvalue weighted by Crippen LogP contribution is 2.19. The standard InChI is InChI=1S/C10H10INO3/c1-2-15-10(14)7-3-4-9(12-6-13)8(11)5-7/h3-6H,2H2,1H3,(H,12,13). The number of halogens is 1. The second-order valence-electron chi connectivity index (χ2n) is 2.68. The van der Waals surface area contributed by atoms with Gasteiger partial charge in [-0.25, -0.2) is 4.79 Å². The third-order valence-electron chi connectivity index (χ3n) is 1.69. The molecule has 0 unspecified atom stereocenters. The third kappa shape index (κ3) is 3.19. The summed E-state index contributed by atoms with van der Waals surface area (Å²) < 4.78 is 5.65. The fourth-order valence-electron chi connectivity index (χ4n) is 1.04. The van der Waals surface area contributed by atoms with Gasteiger partial charge in [0.2, 0.25) is 6.41 Å². The summed E-state index contributed by atoms with van der Waals surface area (Å²) in [6.45, 7) is 2.11. The third-order valence-corrected chi connectivity index (χ3v) is 2.59. The van der Waals surface area contributed by atoms with E-state index in [4.69, 9.17) is 4.74 Å². The molecule has 0 spiro atoms. The highest BCUT2D eigenvalue weighted by atomic mass is 127. The molecule has 1 amide bonds. The number of carbonyl (C=O) groups excluding carboxylic acids is 2. The van der Waals surface area contributed by atoms with Crippen LogP contribution in [0.3, 0.4) is 0 Å². The van der Waals surface area contributed by atoms with E-state index in [-0.39, 0.29) is 5.97 Å². The van der Waals surface area contributed by atoms with E-state index in [1.165, 1.54) is 0 Å². The molecule has 0 bridgehead atoms. The smallest absolute Gasteiger partial charge is 0.338 e. The van der Waals surface area contributed by atoms with Crippen LogP contribution in [0, 0.1) is 3.57 Å². The molecule has 0 saturated heterocycles. The van der Waals surface area contributed by atoms with Crippen molar-refractivity contribution < 1.29 is 14.3 Å². The van der Waals surface area contributed by atoms with Crippen LogP contribution in [0.2, 0.25) is 0 Å². The summed E-state index contributed by atoms with van der Waals surface area (Å²) in [4.78, 5) is 21.6. The van der Waals surface area contributed by atoms with E-state index in [1.54, 1.807) is 25.1 Å². The van der Waals surface area contributed by atoms with Gasteiger partial charge in [-0.1, -0.05) is 0 Å². The minimum atomic E-state index is -0.354. The fraction of sp³-hybridized carbons (Fsp3) is 0.200. The summed E-state index contributed by atoms with van der Waals surface area (Å²) in [6.07, 6.45) is 0.599. The molecule has 4 nitrogen and oxygen atoms in total. The number of esters is 1. The number of anilines is 1. The largest absolute Gasteiger partial charge is 0.462 e. The predicted molar refractivity (Wildman–Crippen MR) is 64.8 cm³/mol. The maximum atomic E-state index is 11.4. The first-order valence-electron chi connectivity index (χ1n) is 4.36. The Morgan fingerprint density at radius 3 is 2.87 bits per heavy atom. The zero-order chi connectivity index (χ0) is 11.3. The molecule has 0 aliphatic rings. The van der Waals surface area contributed by atoms with Gasteiger partial charge in [0.05, 0.1) is 17.9 Å². The fourth-order valence-corrected chi connectivity index (χ4v) is 1.71. The molecule has 1 aromatic carbocycles. The second kappa shape index (κ2) is 5.69. The summed E-state index contributed by atoms with van der Waals surface area (Å²) in [6, 6.07) is 4.96. The van der Waals surface area contributed by atoms with Gasteiger partial charge in [-0.15, -0.1) is 0 Å². The van der Waals surface area contributed by atoms with Crippen LogP contribution in [0.25, 0.3) is 0 Å². The number of carbonyl (C=O) groups is 2. The number of rotatable bonds is 4. The molecule has 0 fully saturated rings. The zero-order valence-corrected chi connectivity index (χ0v) is 10.3. The quantitative estimate of drug-likeness (QED) is 0.525. The second-order valence-corrected chi connectivity index (χ2v) is 3.84. The normalized spacial score (nSPS) is 9.47. The lowest BCUT2D eigenvalue weighted by atomic mass is 10.2. The molecular formula is C10H10INO3.